The van der Waals surface area contributed by atoms with Crippen molar-refractivity contribution < 1.29 is 9.90 Å². The van der Waals surface area contributed by atoms with Crippen LogP contribution in [0.4, 0.5) is 0 Å². The van der Waals surface area contributed by atoms with Crippen molar-refractivity contribution in [1.82, 2.24) is 9.78 Å². The smallest absolute Gasteiger partial charge is 0.356 e. The van der Waals surface area contributed by atoms with Gasteiger partial charge in [-0.15, -0.1) is 0 Å². The van der Waals surface area contributed by atoms with E-state index < -0.39 is 5.97 Å². The fourth-order valence-corrected chi connectivity index (χ4v) is 3.06. The summed E-state index contributed by atoms with van der Waals surface area (Å²) in [7, 11) is 1.81. The second kappa shape index (κ2) is 3.70. The van der Waals surface area contributed by atoms with Gasteiger partial charge in [-0.1, -0.05) is 38.1 Å². The molecule has 0 fully saturated rings. The van der Waals surface area contributed by atoms with E-state index in [0.29, 0.717) is 6.42 Å². The van der Waals surface area contributed by atoms with Crippen LogP contribution in [0.25, 0.3) is 11.3 Å². The number of carbonyl (C=O) groups is 1. The van der Waals surface area contributed by atoms with Crippen LogP contribution in [0.5, 0.6) is 0 Å². The number of aryl methyl sites for hydroxylation is 1. The van der Waals surface area contributed by atoms with E-state index in [0.717, 1.165) is 16.8 Å². The zero-order valence-electron chi connectivity index (χ0n) is 11.3. The molecule has 19 heavy (non-hydrogen) atoms. The lowest BCUT2D eigenvalue weighted by molar-refractivity contribution is 0.0688. The van der Waals surface area contributed by atoms with Gasteiger partial charge >= 0.3 is 5.97 Å². The lowest BCUT2D eigenvalue weighted by atomic mass is 9.71. The third kappa shape index (κ3) is 1.59. The SMILES string of the molecule is Cn1nc(C(=O)O)c2c1-c1ccccc1C(C)(C)C2. The summed E-state index contributed by atoms with van der Waals surface area (Å²) in [6.45, 7) is 4.29. The lowest BCUT2D eigenvalue weighted by Crippen LogP contribution is -2.26. The fraction of sp³-hybridized carbons (Fsp3) is 0.333. The molecule has 2 aromatic rings. The maximum Gasteiger partial charge on any atom is 0.356 e. The number of nitrogens with zero attached hydrogens (tertiary/aromatic N) is 2. The Hall–Kier alpha value is -2.10. The summed E-state index contributed by atoms with van der Waals surface area (Å²) in [5, 5.41) is 13.5. The number of fused-ring (bicyclic) bond motifs is 3. The van der Waals surface area contributed by atoms with Gasteiger partial charge in [0.2, 0.25) is 0 Å². The third-order valence-corrected chi connectivity index (χ3v) is 3.88. The van der Waals surface area contributed by atoms with Crippen molar-refractivity contribution in [2.24, 2.45) is 7.05 Å². The summed E-state index contributed by atoms with van der Waals surface area (Å²) in [6, 6.07) is 8.17. The van der Waals surface area contributed by atoms with E-state index in [1.165, 1.54) is 5.56 Å². The van der Waals surface area contributed by atoms with Crippen molar-refractivity contribution in [1.29, 1.82) is 0 Å². The van der Waals surface area contributed by atoms with Crippen molar-refractivity contribution in [2.45, 2.75) is 25.7 Å². The highest BCUT2D eigenvalue weighted by Crippen LogP contribution is 2.43. The zero-order valence-corrected chi connectivity index (χ0v) is 11.3. The Kier molecular flexibility index (Phi) is 2.33. The van der Waals surface area contributed by atoms with Gasteiger partial charge in [0.25, 0.3) is 0 Å². The second-order valence-corrected chi connectivity index (χ2v) is 5.71. The summed E-state index contributed by atoms with van der Waals surface area (Å²) in [5.41, 5.74) is 4.24. The van der Waals surface area contributed by atoms with Crippen LogP contribution < -0.4 is 0 Å². The molecule has 1 heterocycles. The van der Waals surface area contributed by atoms with Crippen LogP contribution >= 0.6 is 0 Å². The molecular formula is C15H16N2O2. The Labute approximate surface area is 111 Å². The van der Waals surface area contributed by atoms with E-state index in [1.807, 2.05) is 18.2 Å². The number of rotatable bonds is 1. The van der Waals surface area contributed by atoms with E-state index in [2.05, 4.69) is 25.0 Å². The Morgan fingerprint density at radius 1 is 1.37 bits per heavy atom. The Balaban J connectivity index is 2.36. The minimum absolute atomic E-state index is 0.0726. The molecule has 1 aliphatic rings. The van der Waals surface area contributed by atoms with Gasteiger partial charge in [-0.05, 0) is 17.4 Å². The highest BCUT2D eigenvalue weighted by Gasteiger charge is 2.36. The van der Waals surface area contributed by atoms with E-state index in [-0.39, 0.29) is 11.1 Å². The topological polar surface area (TPSA) is 55.1 Å². The first kappa shape index (κ1) is 12.0. The average Bonchev–Trinajstić information content (AvgIpc) is 2.66. The maximum atomic E-state index is 11.3. The summed E-state index contributed by atoms with van der Waals surface area (Å²) in [6.07, 6.45) is 0.703. The molecular weight excluding hydrogens is 240 g/mol. The van der Waals surface area contributed by atoms with E-state index in [9.17, 15) is 9.90 Å². The van der Waals surface area contributed by atoms with Crippen LogP contribution in [0.1, 0.15) is 35.5 Å². The van der Waals surface area contributed by atoms with Crippen LogP contribution in [0.2, 0.25) is 0 Å². The molecule has 98 valence electrons. The monoisotopic (exact) mass is 256 g/mol. The Morgan fingerprint density at radius 3 is 2.74 bits per heavy atom. The van der Waals surface area contributed by atoms with Gasteiger partial charge in [0.05, 0.1) is 5.69 Å². The first-order valence-electron chi connectivity index (χ1n) is 6.31. The summed E-state index contributed by atoms with van der Waals surface area (Å²) < 4.78 is 1.69. The molecule has 1 N–H and O–H groups in total. The molecule has 0 bridgehead atoms. The summed E-state index contributed by atoms with van der Waals surface area (Å²) >= 11 is 0. The molecule has 3 rings (SSSR count). The van der Waals surface area contributed by atoms with Gasteiger partial charge in [-0.2, -0.15) is 5.10 Å². The molecule has 1 aliphatic carbocycles. The number of aromatic nitrogens is 2. The van der Waals surface area contributed by atoms with Crippen LogP contribution in [-0.2, 0) is 18.9 Å². The van der Waals surface area contributed by atoms with Gasteiger partial charge in [-0.25, -0.2) is 4.79 Å². The summed E-state index contributed by atoms with van der Waals surface area (Å²) in [5.74, 6) is -0.952. The Morgan fingerprint density at radius 2 is 2.05 bits per heavy atom. The summed E-state index contributed by atoms with van der Waals surface area (Å²) in [4.78, 5) is 11.3. The van der Waals surface area contributed by atoms with E-state index in [1.54, 1.807) is 11.7 Å². The number of benzene rings is 1. The molecule has 0 saturated carbocycles. The largest absolute Gasteiger partial charge is 0.476 e. The zero-order chi connectivity index (χ0) is 13.8. The van der Waals surface area contributed by atoms with Gasteiger partial charge < -0.3 is 5.11 Å². The van der Waals surface area contributed by atoms with Crippen LogP contribution in [0.15, 0.2) is 24.3 Å². The van der Waals surface area contributed by atoms with Gasteiger partial charge in [0.1, 0.15) is 0 Å². The van der Waals surface area contributed by atoms with E-state index >= 15 is 0 Å². The van der Waals surface area contributed by atoms with Crippen molar-refractivity contribution in [3.63, 3.8) is 0 Å². The first-order valence-corrected chi connectivity index (χ1v) is 6.31. The normalized spacial score (nSPS) is 15.7. The van der Waals surface area contributed by atoms with E-state index in [4.69, 9.17) is 0 Å². The number of carboxylic acids is 1. The average molecular weight is 256 g/mol. The molecule has 1 aromatic carbocycles. The molecule has 0 aliphatic heterocycles. The minimum atomic E-state index is -0.952. The highest BCUT2D eigenvalue weighted by atomic mass is 16.4. The predicted octanol–water partition coefficient (Wildman–Crippen LogP) is 2.62. The van der Waals surface area contributed by atoms with Crippen molar-refractivity contribution >= 4 is 5.97 Å². The molecule has 4 heteroatoms. The number of carboxylic acid groups (broad SMARTS) is 1. The van der Waals surface area contributed by atoms with Gasteiger partial charge in [0.15, 0.2) is 5.69 Å². The van der Waals surface area contributed by atoms with Crippen molar-refractivity contribution in [3.05, 3.63) is 41.1 Å². The third-order valence-electron chi connectivity index (χ3n) is 3.88. The van der Waals surface area contributed by atoms with Crippen LogP contribution in [0.3, 0.4) is 0 Å². The molecule has 4 nitrogen and oxygen atoms in total. The molecule has 0 saturated heterocycles. The van der Waals surface area contributed by atoms with Gasteiger partial charge in [-0.3, -0.25) is 4.68 Å². The minimum Gasteiger partial charge on any atom is -0.476 e. The number of hydrogen-bond donors (Lipinski definition) is 1. The van der Waals surface area contributed by atoms with Crippen molar-refractivity contribution in [3.8, 4) is 11.3 Å². The lowest BCUT2D eigenvalue weighted by Gasteiger charge is -2.32. The fourth-order valence-electron chi connectivity index (χ4n) is 3.06. The first-order chi connectivity index (χ1) is 8.92. The van der Waals surface area contributed by atoms with Gasteiger partial charge in [0, 0.05) is 18.2 Å². The molecule has 0 unspecified atom stereocenters. The second-order valence-electron chi connectivity index (χ2n) is 5.71. The predicted molar refractivity (Wildman–Crippen MR) is 72.3 cm³/mol. The maximum absolute atomic E-state index is 11.3. The standard InChI is InChI=1S/C15H16N2O2/c1-15(2)8-10-12(14(18)19)16-17(3)13(10)9-6-4-5-7-11(9)15/h4-7H,8H2,1-3H3,(H,18,19). The quantitative estimate of drug-likeness (QED) is 0.853. The molecule has 0 amide bonds. The highest BCUT2D eigenvalue weighted by molar-refractivity contribution is 5.91. The van der Waals surface area contributed by atoms with Crippen molar-refractivity contribution in [2.75, 3.05) is 0 Å². The number of aromatic carboxylic acids is 1. The Bertz CT molecular complexity index is 683. The molecule has 0 atom stereocenters. The van der Waals surface area contributed by atoms with Crippen LogP contribution in [0, 0.1) is 0 Å². The molecule has 0 spiro atoms. The number of hydrogen-bond acceptors (Lipinski definition) is 2. The molecule has 0 radical (unpaired) electrons. The molecule has 1 aromatic heterocycles. The van der Waals surface area contributed by atoms with Crippen LogP contribution in [-0.4, -0.2) is 20.9 Å².